The monoisotopic (exact) mass is 294 g/mol. The van der Waals surface area contributed by atoms with Crippen LogP contribution < -0.4 is 5.32 Å². The van der Waals surface area contributed by atoms with Crippen LogP contribution >= 0.6 is 11.8 Å². The van der Waals surface area contributed by atoms with Crippen LogP contribution in [0.5, 0.6) is 0 Å². The summed E-state index contributed by atoms with van der Waals surface area (Å²) in [6, 6.07) is 2.90. The summed E-state index contributed by atoms with van der Waals surface area (Å²) in [7, 11) is 0. The van der Waals surface area contributed by atoms with Crippen molar-refractivity contribution in [1.29, 1.82) is 0 Å². The molecule has 1 atom stereocenters. The molecular formula is C14H18N2O3S. The number of nitrogens with one attached hydrogen (secondary N) is 1. The molecule has 0 aliphatic carbocycles. The van der Waals surface area contributed by atoms with Crippen LogP contribution in [-0.2, 0) is 4.79 Å². The predicted octanol–water partition coefficient (Wildman–Crippen LogP) is 2.60. The number of carboxylic acid groups (broad SMARTS) is 1. The van der Waals surface area contributed by atoms with Gasteiger partial charge in [-0.1, -0.05) is 17.7 Å². The number of nitrogens with zero attached hydrogens (tertiary/aromatic N) is 1. The van der Waals surface area contributed by atoms with E-state index < -0.39 is 12.0 Å². The van der Waals surface area contributed by atoms with Crippen molar-refractivity contribution in [3.05, 3.63) is 28.8 Å². The summed E-state index contributed by atoms with van der Waals surface area (Å²) >= 11 is 1.45. The lowest BCUT2D eigenvalue weighted by molar-refractivity contribution is -0.140. The van der Waals surface area contributed by atoms with E-state index in [-0.39, 0.29) is 6.03 Å². The van der Waals surface area contributed by atoms with E-state index in [1.54, 1.807) is 0 Å². The van der Waals surface area contributed by atoms with E-state index in [0.717, 1.165) is 22.4 Å². The first-order chi connectivity index (χ1) is 9.40. The molecule has 0 aromatic heterocycles. The molecule has 1 aromatic rings. The first kappa shape index (κ1) is 14.7. The fourth-order valence-corrected chi connectivity index (χ4v) is 3.55. The van der Waals surface area contributed by atoms with Crippen LogP contribution in [0.2, 0.25) is 0 Å². The van der Waals surface area contributed by atoms with E-state index >= 15 is 0 Å². The number of rotatable bonds is 2. The molecule has 1 aromatic carbocycles. The smallest absolute Gasteiger partial charge is 0.327 e. The Morgan fingerprint density at radius 2 is 1.90 bits per heavy atom. The van der Waals surface area contributed by atoms with Gasteiger partial charge in [0.2, 0.25) is 0 Å². The van der Waals surface area contributed by atoms with Crippen LogP contribution in [0, 0.1) is 20.8 Å². The van der Waals surface area contributed by atoms with Crippen molar-refractivity contribution in [2.24, 2.45) is 0 Å². The van der Waals surface area contributed by atoms with Gasteiger partial charge in [-0.25, -0.2) is 9.59 Å². The largest absolute Gasteiger partial charge is 0.480 e. The Bertz CT molecular complexity index is 536. The van der Waals surface area contributed by atoms with Gasteiger partial charge in [-0.05, 0) is 31.9 Å². The van der Waals surface area contributed by atoms with Gasteiger partial charge in [-0.15, -0.1) is 11.8 Å². The third-order valence-corrected chi connectivity index (χ3v) is 4.35. The molecule has 6 heteroatoms. The summed E-state index contributed by atoms with van der Waals surface area (Å²) < 4.78 is 0. The number of carboxylic acids is 1. The van der Waals surface area contributed by atoms with Crippen LogP contribution in [0.1, 0.15) is 16.7 Å². The highest BCUT2D eigenvalue weighted by molar-refractivity contribution is 7.99. The number of amides is 2. The van der Waals surface area contributed by atoms with E-state index in [0.29, 0.717) is 11.6 Å². The summed E-state index contributed by atoms with van der Waals surface area (Å²) in [4.78, 5) is 24.7. The molecule has 2 rings (SSSR count). The van der Waals surface area contributed by atoms with E-state index in [2.05, 4.69) is 5.32 Å². The van der Waals surface area contributed by atoms with Crippen molar-refractivity contribution in [1.82, 2.24) is 4.90 Å². The molecule has 1 aliphatic rings. The quantitative estimate of drug-likeness (QED) is 0.879. The maximum Gasteiger partial charge on any atom is 0.327 e. The predicted molar refractivity (Wildman–Crippen MR) is 80.3 cm³/mol. The molecule has 2 N–H and O–H groups in total. The van der Waals surface area contributed by atoms with Crippen molar-refractivity contribution < 1.29 is 14.7 Å². The summed E-state index contributed by atoms with van der Waals surface area (Å²) in [5, 5.41) is 12.0. The molecule has 0 saturated carbocycles. The minimum Gasteiger partial charge on any atom is -0.480 e. The summed E-state index contributed by atoms with van der Waals surface area (Å²) in [5.74, 6) is -0.107. The molecule has 0 spiro atoms. The molecule has 0 unspecified atom stereocenters. The first-order valence-corrected chi connectivity index (χ1v) is 7.51. The second-order valence-corrected chi connectivity index (χ2v) is 6.03. The lowest BCUT2D eigenvalue weighted by Crippen LogP contribution is -2.44. The molecule has 0 radical (unpaired) electrons. The molecule has 20 heavy (non-hydrogen) atoms. The maximum atomic E-state index is 12.3. The van der Waals surface area contributed by atoms with E-state index in [1.165, 1.54) is 16.7 Å². The van der Waals surface area contributed by atoms with Gasteiger partial charge in [0.1, 0.15) is 6.04 Å². The molecule has 1 saturated heterocycles. The zero-order valence-corrected chi connectivity index (χ0v) is 12.6. The Balaban J connectivity index is 2.18. The standard InChI is InChI=1S/C14H18N2O3S/c1-8-4-9(2)12(10(3)5-8)15-14(19)16-7-20-6-11(16)13(17)18/h4-5,11H,6-7H2,1-3H3,(H,15,19)(H,17,18)/t11-/m0/s1. The molecule has 5 nitrogen and oxygen atoms in total. The van der Waals surface area contributed by atoms with Gasteiger partial charge in [-0.3, -0.25) is 0 Å². The normalized spacial score (nSPS) is 18.1. The Morgan fingerprint density at radius 1 is 1.30 bits per heavy atom. The van der Waals surface area contributed by atoms with Crippen molar-refractivity contribution in [2.45, 2.75) is 26.8 Å². The number of anilines is 1. The summed E-state index contributed by atoms with van der Waals surface area (Å²) in [5.41, 5.74) is 3.86. The van der Waals surface area contributed by atoms with Crippen molar-refractivity contribution in [3.63, 3.8) is 0 Å². The van der Waals surface area contributed by atoms with E-state index in [1.807, 2.05) is 32.9 Å². The van der Waals surface area contributed by atoms with Crippen molar-refractivity contribution in [3.8, 4) is 0 Å². The molecule has 1 fully saturated rings. The average Bonchev–Trinajstić information content (AvgIpc) is 2.82. The molecule has 1 aliphatic heterocycles. The SMILES string of the molecule is Cc1cc(C)c(NC(=O)N2CSC[C@H]2C(=O)O)c(C)c1. The van der Waals surface area contributed by atoms with Crippen LogP contribution in [0.15, 0.2) is 12.1 Å². The van der Waals surface area contributed by atoms with Crippen LogP contribution in [-0.4, -0.2) is 39.7 Å². The topological polar surface area (TPSA) is 69.6 Å². The first-order valence-electron chi connectivity index (χ1n) is 6.36. The Kier molecular flexibility index (Phi) is 4.23. The molecule has 2 amide bonds. The van der Waals surface area contributed by atoms with Gasteiger partial charge in [0.25, 0.3) is 0 Å². The van der Waals surface area contributed by atoms with Crippen LogP contribution in [0.3, 0.4) is 0 Å². The number of benzene rings is 1. The highest BCUT2D eigenvalue weighted by atomic mass is 32.2. The van der Waals surface area contributed by atoms with Gasteiger partial charge < -0.3 is 15.3 Å². The Labute approximate surface area is 122 Å². The molecular weight excluding hydrogens is 276 g/mol. The van der Waals surface area contributed by atoms with E-state index in [4.69, 9.17) is 5.11 Å². The maximum absolute atomic E-state index is 12.3. The van der Waals surface area contributed by atoms with Gasteiger partial charge in [0.15, 0.2) is 0 Å². The number of thioether (sulfide) groups is 1. The summed E-state index contributed by atoms with van der Waals surface area (Å²) in [6.07, 6.45) is 0. The minimum atomic E-state index is -0.956. The third-order valence-electron chi connectivity index (χ3n) is 3.34. The van der Waals surface area contributed by atoms with Crippen LogP contribution in [0.4, 0.5) is 10.5 Å². The molecule has 1 heterocycles. The Hall–Kier alpha value is -1.69. The molecule has 0 bridgehead atoms. The number of carbonyl (C=O) groups excluding carboxylic acids is 1. The van der Waals surface area contributed by atoms with Crippen LogP contribution in [0.25, 0.3) is 0 Å². The lowest BCUT2D eigenvalue weighted by Gasteiger charge is -2.22. The number of aryl methyl sites for hydroxylation is 3. The highest BCUT2D eigenvalue weighted by Gasteiger charge is 2.34. The van der Waals surface area contributed by atoms with Gasteiger partial charge >= 0.3 is 12.0 Å². The zero-order valence-electron chi connectivity index (χ0n) is 11.8. The molecule has 108 valence electrons. The van der Waals surface area contributed by atoms with E-state index in [9.17, 15) is 9.59 Å². The fraction of sp³-hybridized carbons (Fsp3) is 0.429. The van der Waals surface area contributed by atoms with Gasteiger partial charge in [0, 0.05) is 11.4 Å². The lowest BCUT2D eigenvalue weighted by atomic mass is 10.1. The zero-order chi connectivity index (χ0) is 14.9. The minimum absolute atomic E-state index is 0.350. The summed E-state index contributed by atoms with van der Waals surface area (Å²) in [6.45, 7) is 5.87. The fourth-order valence-electron chi connectivity index (χ4n) is 2.40. The third kappa shape index (κ3) is 2.90. The highest BCUT2D eigenvalue weighted by Crippen LogP contribution is 2.25. The van der Waals surface area contributed by atoms with Crippen molar-refractivity contribution >= 4 is 29.4 Å². The number of aliphatic carboxylic acids is 1. The number of urea groups is 1. The number of carbonyl (C=O) groups is 2. The number of hydrogen-bond donors (Lipinski definition) is 2. The second kappa shape index (κ2) is 5.75. The van der Waals surface area contributed by atoms with Gasteiger partial charge in [0.05, 0.1) is 5.88 Å². The average molecular weight is 294 g/mol. The van der Waals surface area contributed by atoms with Gasteiger partial charge in [-0.2, -0.15) is 0 Å². The second-order valence-electron chi connectivity index (χ2n) is 5.03. The Morgan fingerprint density at radius 3 is 2.45 bits per heavy atom. The van der Waals surface area contributed by atoms with Crippen molar-refractivity contribution in [2.75, 3.05) is 16.9 Å². The number of hydrogen-bond acceptors (Lipinski definition) is 3.